The lowest BCUT2D eigenvalue weighted by molar-refractivity contribution is 0.187. The van der Waals surface area contributed by atoms with Gasteiger partial charge in [-0.25, -0.2) is 0 Å². The summed E-state index contributed by atoms with van der Waals surface area (Å²) in [6, 6.07) is 8.94. The van der Waals surface area contributed by atoms with Crippen LogP contribution in [0.15, 0.2) is 30.5 Å². The highest BCUT2D eigenvalue weighted by atomic mass is 16.5. The molecule has 3 rings (SSSR count). The maximum atomic E-state index is 5.37. The van der Waals surface area contributed by atoms with Crippen LogP contribution in [0.1, 0.15) is 29.8 Å². The van der Waals surface area contributed by atoms with Gasteiger partial charge in [0.15, 0.2) is 0 Å². The Balaban J connectivity index is 1.72. The second kappa shape index (κ2) is 5.90. The normalized spacial score (nSPS) is 18.5. The molecule has 0 spiro atoms. The van der Waals surface area contributed by atoms with Crippen LogP contribution in [0, 0.1) is 6.92 Å². The number of benzene rings is 1. The van der Waals surface area contributed by atoms with Crippen LogP contribution in [0.3, 0.4) is 0 Å². The molecule has 1 aromatic heterocycles. The monoisotopic (exact) mass is 285 g/mol. The molecular weight excluding hydrogens is 262 g/mol. The fourth-order valence-electron chi connectivity index (χ4n) is 3.13. The minimum Gasteiger partial charge on any atom is -0.497 e. The zero-order valence-corrected chi connectivity index (χ0v) is 13.0. The zero-order chi connectivity index (χ0) is 14.8. The Labute approximate surface area is 126 Å². The van der Waals surface area contributed by atoms with E-state index in [0.717, 1.165) is 31.8 Å². The van der Waals surface area contributed by atoms with Gasteiger partial charge >= 0.3 is 0 Å². The van der Waals surface area contributed by atoms with E-state index in [0.29, 0.717) is 6.04 Å². The second-order valence-electron chi connectivity index (χ2n) is 5.72. The van der Waals surface area contributed by atoms with Crippen LogP contribution >= 0.6 is 0 Å². The third-order valence-electron chi connectivity index (χ3n) is 4.55. The van der Waals surface area contributed by atoms with E-state index in [9.17, 15) is 0 Å². The molecule has 21 heavy (non-hydrogen) atoms. The van der Waals surface area contributed by atoms with Crippen molar-refractivity contribution in [3.05, 3.63) is 47.3 Å². The van der Waals surface area contributed by atoms with Crippen molar-refractivity contribution in [3.63, 3.8) is 0 Å². The Bertz CT molecular complexity index is 620. The highest BCUT2D eigenvalue weighted by Gasteiger charge is 2.24. The molecule has 4 heteroatoms. The number of rotatable bonds is 4. The molecule has 2 heterocycles. The summed E-state index contributed by atoms with van der Waals surface area (Å²) in [5, 5.41) is 4.37. The van der Waals surface area contributed by atoms with E-state index in [-0.39, 0.29) is 0 Å². The molecule has 1 aliphatic heterocycles. The highest BCUT2D eigenvalue weighted by Crippen LogP contribution is 2.31. The van der Waals surface area contributed by atoms with Crippen LogP contribution in [-0.2, 0) is 13.0 Å². The Morgan fingerprint density at radius 3 is 2.86 bits per heavy atom. The van der Waals surface area contributed by atoms with Gasteiger partial charge in [0.25, 0.3) is 0 Å². The van der Waals surface area contributed by atoms with Gasteiger partial charge in [-0.15, -0.1) is 0 Å². The second-order valence-corrected chi connectivity index (χ2v) is 5.72. The third-order valence-corrected chi connectivity index (χ3v) is 4.55. The lowest BCUT2D eigenvalue weighted by Gasteiger charge is -2.35. The van der Waals surface area contributed by atoms with Crippen LogP contribution in [0.5, 0.6) is 5.75 Å². The molecule has 0 amide bonds. The summed E-state index contributed by atoms with van der Waals surface area (Å²) >= 11 is 0. The number of ether oxygens (including phenoxy) is 1. The highest BCUT2D eigenvalue weighted by molar-refractivity contribution is 5.39. The topological polar surface area (TPSA) is 30.3 Å². The summed E-state index contributed by atoms with van der Waals surface area (Å²) in [6.07, 6.45) is 2.98. The molecule has 0 fully saturated rings. The van der Waals surface area contributed by atoms with Gasteiger partial charge in [0, 0.05) is 31.0 Å². The van der Waals surface area contributed by atoms with Crippen molar-refractivity contribution in [2.75, 3.05) is 20.2 Å². The molecule has 0 saturated heterocycles. The predicted octanol–water partition coefficient (Wildman–Crippen LogP) is 2.82. The van der Waals surface area contributed by atoms with Crippen molar-refractivity contribution in [1.29, 1.82) is 0 Å². The zero-order valence-electron chi connectivity index (χ0n) is 13.0. The Hall–Kier alpha value is -1.81. The van der Waals surface area contributed by atoms with Gasteiger partial charge < -0.3 is 4.74 Å². The van der Waals surface area contributed by atoms with Crippen molar-refractivity contribution in [1.82, 2.24) is 14.7 Å². The Kier molecular flexibility index (Phi) is 3.97. The van der Waals surface area contributed by atoms with E-state index in [2.05, 4.69) is 52.8 Å². The van der Waals surface area contributed by atoms with Gasteiger partial charge in [-0.1, -0.05) is 6.07 Å². The Morgan fingerprint density at radius 2 is 2.14 bits per heavy atom. The molecule has 0 radical (unpaired) electrons. The first-order valence-electron chi connectivity index (χ1n) is 7.58. The van der Waals surface area contributed by atoms with Crippen LogP contribution < -0.4 is 4.74 Å². The van der Waals surface area contributed by atoms with E-state index >= 15 is 0 Å². The van der Waals surface area contributed by atoms with Crippen LogP contribution in [0.2, 0.25) is 0 Å². The first-order chi connectivity index (χ1) is 10.2. The lowest BCUT2D eigenvalue weighted by Crippen LogP contribution is -2.36. The minimum atomic E-state index is 0.430. The van der Waals surface area contributed by atoms with E-state index in [1.165, 1.54) is 16.8 Å². The smallest absolute Gasteiger partial charge is 0.119 e. The summed E-state index contributed by atoms with van der Waals surface area (Å²) in [4.78, 5) is 2.53. The molecule has 1 aromatic carbocycles. The SMILES string of the molecule is COc1ccc2c(c1)C(C)N(CCn1nccc1C)CC2. The van der Waals surface area contributed by atoms with Crippen LogP contribution in [0.4, 0.5) is 0 Å². The van der Waals surface area contributed by atoms with Gasteiger partial charge in [-0.2, -0.15) is 5.10 Å². The molecule has 2 aromatic rings. The van der Waals surface area contributed by atoms with Gasteiger partial charge in [-0.05, 0) is 49.6 Å². The lowest BCUT2D eigenvalue weighted by atomic mass is 9.93. The van der Waals surface area contributed by atoms with Gasteiger partial charge in [0.2, 0.25) is 0 Å². The molecule has 0 saturated carbocycles. The summed E-state index contributed by atoms with van der Waals surface area (Å²) in [5.41, 5.74) is 4.08. The minimum absolute atomic E-state index is 0.430. The quantitative estimate of drug-likeness (QED) is 0.865. The number of methoxy groups -OCH3 is 1. The molecule has 1 unspecified atom stereocenters. The Morgan fingerprint density at radius 1 is 1.29 bits per heavy atom. The molecule has 4 nitrogen and oxygen atoms in total. The van der Waals surface area contributed by atoms with E-state index < -0.39 is 0 Å². The average molecular weight is 285 g/mol. The molecule has 0 bridgehead atoms. The number of nitrogens with zero attached hydrogens (tertiary/aromatic N) is 3. The maximum Gasteiger partial charge on any atom is 0.119 e. The summed E-state index contributed by atoms with van der Waals surface area (Å²) in [7, 11) is 1.73. The van der Waals surface area contributed by atoms with Crippen LogP contribution in [0.25, 0.3) is 0 Å². The largest absolute Gasteiger partial charge is 0.497 e. The maximum absolute atomic E-state index is 5.37. The molecule has 112 valence electrons. The molecular formula is C17H23N3O. The number of aromatic nitrogens is 2. The number of hydrogen-bond donors (Lipinski definition) is 0. The van der Waals surface area contributed by atoms with E-state index in [1.807, 2.05) is 6.20 Å². The fourth-order valence-corrected chi connectivity index (χ4v) is 3.13. The van der Waals surface area contributed by atoms with Crippen molar-refractivity contribution in [3.8, 4) is 5.75 Å². The van der Waals surface area contributed by atoms with Gasteiger partial charge in [0.05, 0.1) is 13.7 Å². The van der Waals surface area contributed by atoms with Gasteiger partial charge in [-0.3, -0.25) is 9.58 Å². The van der Waals surface area contributed by atoms with Gasteiger partial charge in [0.1, 0.15) is 5.75 Å². The molecule has 0 aliphatic carbocycles. The van der Waals surface area contributed by atoms with Crippen molar-refractivity contribution in [2.45, 2.75) is 32.9 Å². The molecule has 1 atom stereocenters. The van der Waals surface area contributed by atoms with Crippen molar-refractivity contribution >= 4 is 0 Å². The number of hydrogen-bond acceptors (Lipinski definition) is 3. The standard InChI is InChI=1S/C17H23N3O/c1-13-6-8-18-20(13)11-10-19-9-7-15-4-5-16(21-3)12-17(15)14(19)2/h4-6,8,12,14H,7,9-11H2,1-3H3. The van der Waals surface area contributed by atoms with E-state index in [1.54, 1.807) is 7.11 Å². The average Bonchev–Trinajstić information content (AvgIpc) is 2.92. The summed E-state index contributed by atoms with van der Waals surface area (Å²) in [6.45, 7) is 7.48. The molecule has 0 N–H and O–H groups in total. The summed E-state index contributed by atoms with van der Waals surface area (Å²) < 4.78 is 7.44. The first-order valence-corrected chi connectivity index (χ1v) is 7.58. The van der Waals surface area contributed by atoms with E-state index in [4.69, 9.17) is 4.74 Å². The fraction of sp³-hybridized carbons (Fsp3) is 0.471. The number of fused-ring (bicyclic) bond motifs is 1. The van der Waals surface area contributed by atoms with Crippen LogP contribution in [-0.4, -0.2) is 34.9 Å². The molecule has 1 aliphatic rings. The van der Waals surface area contributed by atoms with Crippen molar-refractivity contribution in [2.24, 2.45) is 0 Å². The van der Waals surface area contributed by atoms with Crippen molar-refractivity contribution < 1.29 is 4.74 Å². The summed E-state index contributed by atoms with van der Waals surface area (Å²) in [5.74, 6) is 0.949. The number of aryl methyl sites for hydroxylation is 1. The predicted molar refractivity (Wildman–Crippen MR) is 83.7 cm³/mol. The first kappa shape index (κ1) is 14.1. The third kappa shape index (κ3) is 2.81.